The summed E-state index contributed by atoms with van der Waals surface area (Å²) < 4.78 is 0. The van der Waals surface area contributed by atoms with Gasteiger partial charge in [0.1, 0.15) is 5.69 Å². The summed E-state index contributed by atoms with van der Waals surface area (Å²) in [7, 11) is 0. The quantitative estimate of drug-likeness (QED) is 0.774. The maximum absolute atomic E-state index is 11.8. The highest BCUT2D eigenvalue weighted by atomic mass is 16.2. The summed E-state index contributed by atoms with van der Waals surface area (Å²) >= 11 is 0. The van der Waals surface area contributed by atoms with Crippen LogP contribution in [0.4, 0.5) is 5.69 Å². The molecule has 0 bridgehead atoms. The largest absolute Gasteiger partial charge is 0.323 e. The van der Waals surface area contributed by atoms with Gasteiger partial charge < -0.3 is 15.3 Å². The molecule has 0 saturated carbocycles. The fourth-order valence-electron chi connectivity index (χ4n) is 1.63. The summed E-state index contributed by atoms with van der Waals surface area (Å²) in [4.78, 5) is 27.5. The van der Waals surface area contributed by atoms with Crippen molar-refractivity contribution in [3.63, 3.8) is 0 Å². The van der Waals surface area contributed by atoms with Crippen molar-refractivity contribution < 1.29 is 4.79 Å². The molecule has 0 saturated heterocycles. The van der Waals surface area contributed by atoms with E-state index >= 15 is 0 Å². The number of aromatic nitrogens is 2. The van der Waals surface area contributed by atoms with Crippen molar-refractivity contribution in [2.75, 3.05) is 5.32 Å². The van der Waals surface area contributed by atoms with Crippen molar-refractivity contribution in [2.45, 2.75) is 19.8 Å². The van der Waals surface area contributed by atoms with E-state index < -0.39 is 5.69 Å². The topological polar surface area (TPSA) is 77.8 Å². The molecule has 2 rings (SSSR count). The highest BCUT2D eigenvalue weighted by Crippen LogP contribution is 2.18. The van der Waals surface area contributed by atoms with Gasteiger partial charge in [0.25, 0.3) is 5.91 Å². The van der Waals surface area contributed by atoms with Crippen LogP contribution < -0.4 is 11.0 Å². The van der Waals surface area contributed by atoms with Gasteiger partial charge in [-0.05, 0) is 23.6 Å². The lowest BCUT2D eigenvalue weighted by Crippen LogP contribution is -2.14. The van der Waals surface area contributed by atoms with Gasteiger partial charge in [-0.25, -0.2) is 4.79 Å². The van der Waals surface area contributed by atoms with E-state index in [0.717, 1.165) is 5.56 Å². The molecule has 3 N–H and O–H groups in total. The molecular formula is C13H15N3O2. The first kappa shape index (κ1) is 12.2. The molecule has 2 aromatic rings. The molecule has 1 amide bonds. The number of aromatic amines is 2. The zero-order chi connectivity index (χ0) is 13.1. The van der Waals surface area contributed by atoms with Crippen LogP contribution in [0.1, 0.15) is 35.8 Å². The Kier molecular flexibility index (Phi) is 3.32. The number of imidazole rings is 1. The Morgan fingerprint density at radius 3 is 2.72 bits per heavy atom. The number of nitrogens with one attached hydrogen (secondary N) is 3. The number of hydrogen-bond acceptors (Lipinski definition) is 2. The van der Waals surface area contributed by atoms with Crippen molar-refractivity contribution in [3.8, 4) is 0 Å². The molecule has 0 atom stereocenters. The summed E-state index contributed by atoms with van der Waals surface area (Å²) in [6, 6.07) is 7.64. The van der Waals surface area contributed by atoms with Crippen molar-refractivity contribution >= 4 is 11.6 Å². The first-order valence-corrected chi connectivity index (χ1v) is 5.75. The first-order valence-electron chi connectivity index (χ1n) is 5.75. The molecule has 0 aliphatic heterocycles. The van der Waals surface area contributed by atoms with Crippen LogP contribution in [0.3, 0.4) is 0 Å². The summed E-state index contributed by atoms with van der Waals surface area (Å²) in [6.45, 7) is 4.18. The summed E-state index contributed by atoms with van der Waals surface area (Å²) in [5.74, 6) is 0.0585. The van der Waals surface area contributed by atoms with E-state index in [1.165, 1.54) is 6.20 Å². The maximum atomic E-state index is 11.8. The number of carbonyl (C=O) groups is 1. The smallest absolute Gasteiger partial charge is 0.321 e. The van der Waals surface area contributed by atoms with Crippen molar-refractivity contribution in [1.29, 1.82) is 0 Å². The Bertz CT molecular complexity index is 610. The van der Waals surface area contributed by atoms with Crippen LogP contribution in [-0.4, -0.2) is 15.9 Å². The SMILES string of the molecule is CC(C)c1cccc(NC(=O)c2c[nH]c(=O)[nH]2)c1. The van der Waals surface area contributed by atoms with Crippen molar-refractivity contribution in [3.05, 3.63) is 52.2 Å². The lowest BCUT2D eigenvalue weighted by atomic mass is 10.0. The molecule has 0 fully saturated rings. The lowest BCUT2D eigenvalue weighted by Gasteiger charge is -2.08. The average molecular weight is 245 g/mol. The number of carbonyl (C=O) groups excluding carboxylic acids is 1. The highest BCUT2D eigenvalue weighted by molar-refractivity contribution is 6.02. The molecule has 0 aliphatic rings. The van der Waals surface area contributed by atoms with Gasteiger partial charge in [0.2, 0.25) is 0 Å². The van der Waals surface area contributed by atoms with Crippen molar-refractivity contribution in [1.82, 2.24) is 9.97 Å². The third kappa shape index (κ3) is 2.68. The van der Waals surface area contributed by atoms with Gasteiger partial charge in [-0.2, -0.15) is 0 Å². The monoisotopic (exact) mass is 245 g/mol. The van der Waals surface area contributed by atoms with Crippen LogP contribution in [0.15, 0.2) is 35.3 Å². The molecule has 1 aromatic heterocycles. The maximum Gasteiger partial charge on any atom is 0.323 e. The van der Waals surface area contributed by atoms with E-state index in [2.05, 4.69) is 29.1 Å². The van der Waals surface area contributed by atoms with Crippen molar-refractivity contribution in [2.24, 2.45) is 0 Å². The van der Waals surface area contributed by atoms with Gasteiger partial charge >= 0.3 is 5.69 Å². The second kappa shape index (κ2) is 4.91. The Labute approximate surface area is 104 Å². The molecule has 0 spiro atoms. The zero-order valence-electron chi connectivity index (χ0n) is 10.3. The number of rotatable bonds is 3. The number of H-pyrrole nitrogens is 2. The Morgan fingerprint density at radius 2 is 2.11 bits per heavy atom. The predicted molar refractivity (Wildman–Crippen MR) is 69.9 cm³/mol. The van der Waals surface area contributed by atoms with Gasteiger partial charge in [0.05, 0.1) is 0 Å². The number of hydrogen-bond donors (Lipinski definition) is 3. The highest BCUT2D eigenvalue weighted by Gasteiger charge is 2.08. The fourth-order valence-corrected chi connectivity index (χ4v) is 1.63. The van der Waals surface area contributed by atoms with Gasteiger partial charge in [0.15, 0.2) is 0 Å². The van der Waals surface area contributed by atoms with Gasteiger partial charge in [-0.15, -0.1) is 0 Å². The first-order chi connectivity index (χ1) is 8.56. The van der Waals surface area contributed by atoms with E-state index in [0.29, 0.717) is 11.6 Å². The zero-order valence-corrected chi connectivity index (χ0v) is 10.3. The second-order valence-corrected chi connectivity index (χ2v) is 4.39. The van der Waals surface area contributed by atoms with E-state index in [4.69, 9.17) is 0 Å². The van der Waals surface area contributed by atoms with Gasteiger partial charge in [-0.3, -0.25) is 4.79 Å². The molecule has 0 aliphatic carbocycles. The number of amides is 1. The standard InChI is InChI=1S/C13H15N3O2/c1-8(2)9-4-3-5-10(6-9)15-12(17)11-7-14-13(18)16-11/h3-8H,1-2H3,(H,15,17)(H2,14,16,18). The summed E-state index contributed by atoms with van der Waals surface area (Å²) in [5, 5.41) is 2.74. The molecule has 5 nitrogen and oxygen atoms in total. The average Bonchev–Trinajstić information content (AvgIpc) is 2.76. The molecule has 18 heavy (non-hydrogen) atoms. The fraction of sp³-hybridized carbons (Fsp3) is 0.231. The number of anilines is 1. The van der Waals surface area contributed by atoms with E-state index in [1.807, 2.05) is 24.3 Å². The van der Waals surface area contributed by atoms with E-state index in [1.54, 1.807) is 0 Å². The Balaban J connectivity index is 2.16. The molecular weight excluding hydrogens is 230 g/mol. The minimum atomic E-state index is -0.393. The normalized spacial score (nSPS) is 10.6. The second-order valence-electron chi connectivity index (χ2n) is 4.39. The molecule has 5 heteroatoms. The molecule has 0 radical (unpaired) electrons. The molecule has 1 heterocycles. The van der Waals surface area contributed by atoms with Crippen LogP contribution in [0.5, 0.6) is 0 Å². The van der Waals surface area contributed by atoms with Crippen LogP contribution in [0.2, 0.25) is 0 Å². The van der Waals surface area contributed by atoms with Crippen LogP contribution in [0, 0.1) is 0 Å². The van der Waals surface area contributed by atoms with Crippen LogP contribution in [0.25, 0.3) is 0 Å². The predicted octanol–water partition coefficient (Wildman–Crippen LogP) is 2.08. The summed E-state index contributed by atoms with van der Waals surface area (Å²) in [5.41, 5.74) is 1.69. The lowest BCUT2D eigenvalue weighted by molar-refractivity contribution is 0.102. The third-order valence-corrected chi connectivity index (χ3v) is 2.65. The summed E-state index contributed by atoms with van der Waals surface area (Å²) in [6.07, 6.45) is 1.35. The van der Waals surface area contributed by atoms with E-state index in [9.17, 15) is 9.59 Å². The Morgan fingerprint density at radius 1 is 1.33 bits per heavy atom. The van der Waals surface area contributed by atoms with Gasteiger partial charge in [0, 0.05) is 11.9 Å². The minimum Gasteiger partial charge on any atom is -0.321 e. The van der Waals surface area contributed by atoms with E-state index in [-0.39, 0.29) is 11.6 Å². The van der Waals surface area contributed by atoms with Crippen LogP contribution in [-0.2, 0) is 0 Å². The number of benzene rings is 1. The molecule has 1 aromatic carbocycles. The molecule has 0 unspecified atom stereocenters. The third-order valence-electron chi connectivity index (χ3n) is 2.65. The molecule has 94 valence electrons. The Hall–Kier alpha value is -2.30. The van der Waals surface area contributed by atoms with Gasteiger partial charge in [-0.1, -0.05) is 26.0 Å². The van der Waals surface area contributed by atoms with Crippen LogP contribution >= 0.6 is 0 Å². The minimum absolute atomic E-state index is 0.218.